The van der Waals surface area contributed by atoms with Gasteiger partial charge in [0, 0.05) is 18.2 Å². The Bertz CT molecular complexity index is 663. The van der Waals surface area contributed by atoms with Crippen molar-refractivity contribution in [2.45, 2.75) is 32.6 Å². The van der Waals surface area contributed by atoms with Crippen molar-refractivity contribution in [2.24, 2.45) is 5.41 Å². The van der Waals surface area contributed by atoms with E-state index in [4.69, 9.17) is 9.47 Å². The zero-order valence-electron chi connectivity index (χ0n) is 12.1. The van der Waals surface area contributed by atoms with Crippen LogP contribution in [0.4, 0.5) is 0 Å². The van der Waals surface area contributed by atoms with E-state index in [2.05, 4.69) is 4.98 Å². The lowest BCUT2D eigenvalue weighted by Gasteiger charge is -2.24. The van der Waals surface area contributed by atoms with E-state index in [0.717, 1.165) is 0 Å². The first-order valence-corrected chi connectivity index (χ1v) is 6.50. The van der Waals surface area contributed by atoms with Crippen LogP contribution in [0.1, 0.15) is 25.1 Å². The summed E-state index contributed by atoms with van der Waals surface area (Å²) in [7, 11) is 1.26. The minimum Gasteiger partial charge on any atom is -0.469 e. The van der Waals surface area contributed by atoms with Crippen molar-refractivity contribution < 1.29 is 19.4 Å². The van der Waals surface area contributed by atoms with Crippen LogP contribution in [-0.4, -0.2) is 40.4 Å². The normalized spacial score (nSPS) is 28.6. The SMILES string of the molecule is COC(=O)[C@@]1(C)C[C@H](n2cc(C)c(=O)[nH]c2=O)O[C@@H]1CO. The van der Waals surface area contributed by atoms with Gasteiger partial charge in [0.15, 0.2) is 0 Å². The van der Waals surface area contributed by atoms with Crippen molar-refractivity contribution in [3.8, 4) is 0 Å². The van der Waals surface area contributed by atoms with E-state index in [-0.39, 0.29) is 13.0 Å². The molecule has 2 heterocycles. The Balaban J connectivity index is 2.41. The summed E-state index contributed by atoms with van der Waals surface area (Å²) in [6.45, 7) is 2.80. The van der Waals surface area contributed by atoms with Gasteiger partial charge in [-0.3, -0.25) is 19.1 Å². The van der Waals surface area contributed by atoms with E-state index in [1.54, 1.807) is 13.8 Å². The number of esters is 1. The average molecular weight is 298 g/mol. The first kappa shape index (κ1) is 15.5. The van der Waals surface area contributed by atoms with Crippen LogP contribution in [0.15, 0.2) is 15.8 Å². The van der Waals surface area contributed by atoms with Crippen LogP contribution in [0.3, 0.4) is 0 Å². The Kier molecular flexibility index (Phi) is 4.02. The monoisotopic (exact) mass is 298 g/mol. The molecule has 0 unspecified atom stereocenters. The van der Waals surface area contributed by atoms with E-state index in [0.29, 0.717) is 5.56 Å². The van der Waals surface area contributed by atoms with Crippen molar-refractivity contribution in [1.29, 1.82) is 0 Å². The molecule has 1 aromatic heterocycles. The van der Waals surface area contributed by atoms with E-state index in [9.17, 15) is 19.5 Å². The Labute approximate surface area is 120 Å². The molecule has 0 aliphatic carbocycles. The van der Waals surface area contributed by atoms with Crippen molar-refractivity contribution in [3.05, 3.63) is 32.6 Å². The summed E-state index contributed by atoms with van der Waals surface area (Å²) >= 11 is 0. The maximum absolute atomic E-state index is 11.9. The molecule has 0 saturated carbocycles. The number of rotatable bonds is 3. The molecule has 1 aromatic rings. The number of hydrogen-bond acceptors (Lipinski definition) is 6. The maximum Gasteiger partial charge on any atom is 0.330 e. The number of aromatic nitrogens is 2. The third-order valence-corrected chi connectivity index (χ3v) is 3.90. The topological polar surface area (TPSA) is 111 Å². The molecule has 0 aromatic carbocycles. The van der Waals surface area contributed by atoms with Gasteiger partial charge in [-0.1, -0.05) is 0 Å². The lowest BCUT2D eigenvalue weighted by Crippen LogP contribution is -2.39. The average Bonchev–Trinajstić information content (AvgIpc) is 2.80. The highest BCUT2D eigenvalue weighted by molar-refractivity contribution is 5.77. The largest absolute Gasteiger partial charge is 0.469 e. The van der Waals surface area contributed by atoms with Crippen molar-refractivity contribution in [2.75, 3.05) is 13.7 Å². The predicted molar refractivity (Wildman–Crippen MR) is 71.8 cm³/mol. The number of hydrogen-bond donors (Lipinski definition) is 2. The molecule has 8 nitrogen and oxygen atoms in total. The molecule has 1 saturated heterocycles. The minimum absolute atomic E-state index is 0.163. The first-order chi connectivity index (χ1) is 9.83. The predicted octanol–water partition coefficient (Wildman–Crippen LogP) is -0.696. The number of carbonyl (C=O) groups is 1. The molecule has 0 radical (unpaired) electrons. The Morgan fingerprint density at radius 2 is 2.29 bits per heavy atom. The molecule has 21 heavy (non-hydrogen) atoms. The van der Waals surface area contributed by atoms with E-state index in [1.165, 1.54) is 17.9 Å². The van der Waals surface area contributed by atoms with E-state index < -0.39 is 35.0 Å². The molecule has 0 bridgehead atoms. The molecule has 1 aliphatic rings. The standard InChI is InChI=1S/C13H18N2O6/c1-7-5-15(12(19)14-10(7)17)9-4-13(2,11(18)20-3)8(6-16)21-9/h5,8-9,16H,4,6H2,1-3H3,(H,14,17,19)/t8-,9-,13+/m1/s1. The van der Waals surface area contributed by atoms with Gasteiger partial charge in [0.2, 0.25) is 0 Å². The number of H-pyrrole nitrogens is 1. The molecule has 1 aliphatic heterocycles. The highest BCUT2D eigenvalue weighted by atomic mass is 16.5. The lowest BCUT2D eigenvalue weighted by molar-refractivity contribution is -0.156. The summed E-state index contributed by atoms with van der Waals surface area (Å²) in [5.74, 6) is -0.516. The highest BCUT2D eigenvalue weighted by Crippen LogP contribution is 2.43. The fourth-order valence-corrected chi connectivity index (χ4v) is 2.54. The summed E-state index contributed by atoms with van der Waals surface area (Å²) < 4.78 is 11.6. The van der Waals surface area contributed by atoms with Crippen LogP contribution in [0, 0.1) is 12.3 Å². The molecule has 1 fully saturated rings. The fourth-order valence-electron chi connectivity index (χ4n) is 2.54. The number of aromatic amines is 1. The Morgan fingerprint density at radius 3 is 2.86 bits per heavy atom. The second kappa shape index (κ2) is 5.45. The van der Waals surface area contributed by atoms with Gasteiger partial charge in [0.25, 0.3) is 5.56 Å². The van der Waals surface area contributed by atoms with Crippen molar-refractivity contribution in [1.82, 2.24) is 9.55 Å². The van der Waals surface area contributed by atoms with Gasteiger partial charge >= 0.3 is 11.7 Å². The summed E-state index contributed by atoms with van der Waals surface area (Å²) in [5.41, 5.74) is -1.80. The van der Waals surface area contributed by atoms with Gasteiger partial charge in [-0.15, -0.1) is 0 Å². The van der Waals surface area contributed by atoms with Crippen LogP contribution >= 0.6 is 0 Å². The third kappa shape index (κ3) is 2.52. The first-order valence-electron chi connectivity index (χ1n) is 6.50. The van der Waals surface area contributed by atoms with Crippen molar-refractivity contribution >= 4 is 5.97 Å². The van der Waals surface area contributed by atoms with Crippen LogP contribution in [0.5, 0.6) is 0 Å². The van der Waals surface area contributed by atoms with Crippen LogP contribution in [0.2, 0.25) is 0 Å². The number of aliphatic hydroxyl groups is 1. The zero-order valence-corrected chi connectivity index (χ0v) is 12.1. The quantitative estimate of drug-likeness (QED) is 0.714. The molecule has 8 heteroatoms. The Morgan fingerprint density at radius 1 is 1.62 bits per heavy atom. The van der Waals surface area contributed by atoms with Gasteiger partial charge in [0.1, 0.15) is 6.23 Å². The second-order valence-electron chi connectivity index (χ2n) is 5.35. The number of aliphatic hydroxyl groups excluding tert-OH is 1. The van der Waals surface area contributed by atoms with E-state index >= 15 is 0 Å². The minimum atomic E-state index is -1.06. The zero-order chi connectivity index (χ0) is 15.8. The highest BCUT2D eigenvalue weighted by Gasteiger charge is 2.52. The lowest BCUT2D eigenvalue weighted by atomic mass is 9.83. The second-order valence-corrected chi connectivity index (χ2v) is 5.35. The number of aryl methyl sites for hydroxylation is 1. The number of ether oxygens (including phenoxy) is 2. The molecule has 116 valence electrons. The molecule has 2 rings (SSSR count). The van der Waals surface area contributed by atoms with Gasteiger partial charge in [-0.2, -0.15) is 0 Å². The fraction of sp³-hybridized carbons (Fsp3) is 0.615. The van der Waals surface area contributed by atoms with Crippen LogP contribution in [-0.2, 0) is 14.3 Å². The van der Waals surface area contributed by atoms with Gasteiger partial charge < -0.3 is 14.6 Å². The molecule has 0 spiro atoms. The summed E-state index contributed by atoms with van der Waals surface area (Å²) in [6.07, 6.45) is 0.00271. The van der Waals surface area contributed by atoms with Gasteiger partial charge in [0.05, 0.1) is 25.2 Å². The van der Waals surface area contributed by atoms with Crippen LogP contribution < -0.4 is 11.2 Å². The Hall–Kier alpha value is -1.93. The van der Waals surface area contributed by atoms with Gasteiger partial charge in [-0.05, 0) is 13.8 Å². The number of nitrogens with one attached hydrogen (secondary N) is 1. The summed E-state index contributed by atoms with van der Waals surface area (Å²) in [4.78, 5) is 37.4. The smallest absolute Gasteiger partial charge is 0.330 e. The summed E-state index contributed by atoms with van der Waals surface area (Å²) in [5, 5.41) is 9.40. The number of carbonyl (C=O) groups excluding carboxylic acids is 1. The van der Waals surface area contributed by atoms with Crippen molar-refractivity contribution in [3.63, 3.8) is 0 Å². The molecular weight excluding hydrogens is 280 g/mol. The van der Waals surface area contributed by atoms with Crippen LogP contribution in [0.25, 0.3) is 0 Å². The molecule has 3 atom stereocenters. The number of nitrogens with zero attached hydrogens (tertiary/aromatic N) is 1. The maximum atomic E-state index is 11.9. The summed E-state index contributed by atoms with van der Waals surface area (Å²) in [6, 6.07) is 0. The number of methoxy groups -OCH3 is 1. The molecule has 2 N–H and O–H groups in total. The third-order valence-electron chi connectivity index (χ3n) is 3.90. The van der Waals surface area contributed by atoms with Gasteiger partial charge in [-0.25, -0.2) is 4.79 Å². The van der Waals surface area contributed by atoms with E-state index in [1.807, 2.05) is 0 Å². The molecule has 0 amide bonds. The molecular formula is C13H18N2O6.